The first-order chi connectivity index (χ1) is 11.5. The maximum Gasteiger partial charge on any atom is 0.243 e. The van der Waals surface area contributed by atoms with Crippen LogP contribution in [0.2, 0.25) is 0 Å². The van der Waals surface area contributed by atoms with Crippen molar-refractivity contribution < 1.29 is 13.2 Å². The Labute approximate surface area is 144 Å². The Balaban J connectivity index is 1.73. The van der Waals surface area contributed by atoms with Gasteiger partial charge in [-0.25, -0.2) is 8.42 Å². The van der Waals surface area contributed by atoms with E-state index >= 15 is 0 Å². The number of rotatable bonds is 3. The lowest BCUT2D eigenvalue weighted by Gasteiger charge is -2.35. The zero-order valence-electron chi connectivity index (χ0n) is 14.0. The number of hydrogen-bond donors (Lipinski definition) is 0. The molecule has 0 bridgehead atoms. The summed E-state index contributed by atoms with van der Waals surface area (Å²) in [6.07, 6.45) is 4.54. The lowest BCUT2D eigenvalue weighted by Crippen LogP contribution is -2.47. The van der Waals surface area contributed by atoms with Crippen LogP contribution < -0.4 is 0 Å². The Morgan fingerprint density at radius 1 is 1.17 bits per heavy atom. The molecule has 0 aliphatic carbocycles. The van der Waals surface area contributed by atoms with E-state index in [1.807, 2.05) is 11.8 Å². The second-order valence-corrected chi connectivity index (χ2v) is 8.55. The predicted octanol–water partition coefficient (Wildman–Crippen LogP) is 2.27. The summed E-state index contributed by atoms with van der Waals surface area (Å²) in [5.74, 6) is -0.140. The van der Waals surface area contributed by atoms with Gasteiger partial charge in [0.15, 0.2) is 0 Å². The normalized spacial score (nSPS) is 23.0. The second kappa shape index (κ2) is 7.07. The van der Waals surface area contributed by atoms with Crippen LogP contribution in [0, 0.1) is 5.92 Å². The fourth-order valence-corrected chi connectivity index (χ4v) is 5.01. The van der Waals surface area contributed by atoms with E-state index < -0.39 is 10.0 Å². The van der Waals surface area contributed by atoms with Crippen molar-refractivity contribution in [2.24, 2.45) is 5.92 Å². The molecule has 0 N–H and O–H groups in total. The molecule has 2 heterocycles. The van der Waals surface area contributed by atoms with Crippen LogP contribution in [0.25, 0.3) is 0 Å². The van der Waals surface area contributed by atoms with Crippen LogP contribution in [0.1, 0.15) is 26.2 Å². The van der Waals surface area contributed by atoms with Crippen molar-refractivity contribution in [3.8, 4) is 0 Å². The SMILES string of the molecule is CC1=CCCN(C(=O)C2CCCN(S(=O)(=O)c3ccccc3)C2)C1. The van der Waals surface area contributed by atoms with Gasteiger partial charge in [0.1, 0.15) is 0 Å². The minimum Gasteiger partial charge on any atom is -0.338 e. The highest BCUT2D eigenvalue weighted by atomic mass is 32.2. The quantitative estimate of drug-likeness (QED) is 0.788. The molecule has 2 aliphatic rings. The summed E-state index contributed by atoms with van der Waals surface area (Å²) >= 11 is 0. The number of carbonyl (C=O) groups is 1. The average molecular weight is 348 g/mol. The maximum atomic E-state index is 12.8. The second-order valence-electron chi connectivity index (χ2n) is 6.61. The van der Waals surface area contributed by atoms with E-state index in [0.717, 1.165) is 25.8 Å². The van der Waals surface area contributed by atoms with Crippen LogP contribution in [0.3, 0.4) is 0 Å². The molecule has 0 spiro atoms. The molecule has 24 heavy (non-hydrogen) atoms. The summed E-state index contributed by atoms with van der Waals surface area (Å²) in [6, 6.07) is 8.47. The summed E-state index contributed by atoms with van der Waals surface area (Å²) in [7, 11) is -3.52. The molecule has 1 amide bonds. The number of sulfonamides is 1. The molecule has 1 aromatic rings. The third-order valence-corrected chi connectivity index (χ3v) is 6.64. The molecule has 0 saturated carbocycles. The predicted molar refractivity (Wildman–Crippen MR) is 92.9 cm³/mol. The summed E-state index contributed by atoms with van der Waals surface area (Å²) in [5.41, 5.74) is 1.21. The van der Waals surface area contributed by atoms with Gasteiger partial charge in [0.05, 0.1) is 10.8 Å². The van der Waals surface area contributed by atoms with Crippen molar-refractivity contribution >= 4 is 15.9 Å². The van der Waals surface area contributed by atoms with E-state index in [-0.39, 0.29) is 18.4 Å². The van der Waals surface area contributed by atoms with Crippen molar-refractivity contribution in [3.63, 3.8) is 0 Å². The molecule has 1 fully saturated rings. The highest BCUT2D eigenvalue weighted by Crippen LogP contribution is 2.25. The molecule has 5 nitrogen and oxygen atoms in total. The lowest BCUT2D eigenvalue weighted by atomic mass is 9.97. The van der Waals surface area contributed by atoms with E-state index in [9.17, 15) is 13.2 Å². The molecular formula is C18H24N2O3S. The van der Waals surface area contributed by atoms with Gasteiger partial charge in [0.25, 0.3) is 0 Å². The minimum absolute atomic E-state index is 0.0930. The summed E-state index contributed by atoms with van der Waals surface area (Å²) in [5, 5.41) is 0. The molecule has 130 valence electrons. The molecule has 1 unspecified atom stereocenters. The van der Waals surface area contributed by atoms with Gasteiger partial charge in [0.2, 0.25) is 15.9 Å². The van der Waals surface area contributed by atoms with Gasteiger partial charge in [-0.15, -0.1) is 0 Å². The van der Waals surface area contributed by atoms with Crippen molar-refractivity contribution in [1.29, 1.82) is 0 Å². The molecule has 1 saturated heterocycles. The topological polar surface area (TPSA) is 57.7 Å². The van der Waals surface area contributed by atoms with Gasteiger partial charge in [-0.3, -0.25) is 4.79 Å². The lowest BCUT2D eigenvalue weighted by molar-refractivity contribution is -0.136. The smallest absolute Gasteiger partial charge is 0.243 e. The van der Waals surface area contributed by atoms with Crippen molar-refractivity contribution in [2.75, 3.05) is 26.2 Å². The van der Waals surface area contributed by atoms with Crippen molar-refractivity contribution in [3.05, 3.63) is 42.0 Å². The molecule has 0 radical (unpaired) electrons. The largest absolute Gasteiger partial charge is 0.338 e. The Morgan fingerprint density at radius 2 is 1.92 bits per heavy atom. The van der Waals surface area contributed by atoms with Gasteiger partial charge in [-0.05, 0) is 38.3 Å². The fourth-order valence-electron chi connectivity index (χ4n) is 3.46. The van der Waals surface area contributed by atoms with Gasteiger partial charge < -0.3 is 4.90 Å². The summed E-state index contributed by atoms with van der Waals surface area (Å²) < 4.78 is 27.0. The van der Waals surface area contributed by atoms with Crippen molar-refractivity contribution in [2.45, 2.75) is 31.1 Å². The number of carbonyl (C=O) groups excluding carboxylic acids is 1. The Hall–Kier alpha value is -1.66. The third kappa shape index (κ3) is 3.54. The first kappa shape index (κ1) is 17.2. The van der Waals surface area contributed by atoms with E-state index in [1.54, 1.807) is 30.3 Å². The van der Waals surface area contributed by atoms with Crippen molar-refractivity contribution in [1.82, 2.24) is 9.21 Å². The first-order valence-electron chi connectivity index (χ1n) is 8.48. The molecule has 0 aromatic heterocycles. The van der Waals surface area contributed by atoms with E-state index in [0.29, 0.717) is 18.0 Å². The highest BCUT2D eigenvalue weighted by Gasteiger charge is 2.35. The monoisotopic (exact) mass is 348 g/mol. The Kier molecular flexibility index (Phi) is 5.06. The van der Waals surface area contributed by atoms with E-state index in [2.05, 4.69) is 6.08 Å². The number of benzene rings is 1. The minimum atomic E-state index is -3.52. The van der Waals surface area contributed by atoms with Crippen LogP contribution in [0.4, 0.5) is 0 Å². The average Bonchev–Trinajstić information content (AvgIpc) is 2.62. The Morgan fingerprint density at radius 3 is 2.62 bits per heavy atom. The number of amides is 1. The number of piperidine rings is 1. The van der Waals surface area contributed by atoms with Crippen LogP contribution in [-0.4, -0.2) is 49.7 Å². The van der Waals surface area contributed by atoms with Gasteiger partial charge >= 0.3 is 0 Å². The summed E-state index contributed by atoms with van der Waals surface area (Å²) in [4.78, 5) is 15.0. The Bertz CT molecular complexity index is 728. The molecule has 6 heteroatoms. The van der Waals surface area contributed by atoms with Crippen LogP contribution in [0.5, 0.6) is 0 Å². The number of hydrogen-bond acceptors (Lipinski definition) is 3. The highest BCUT2D eigenvalue weighted by molar-refractivity contribution is 7.89. The zero-order valence-corrected chi connectivity index (χ0v) is 14.8. The van der Waals surface area contributed by atoms with Gasteiger partial charge in [0, 0.05) is 26.2 Å². The van der Waals surface area contributed by atoms with E-state index in [1.165, 1.54) is 9.88 Å². The molecule has 1 aromatic carbocycles. The van der Waals surface area contributed by atoms with Crippen LogP contribution >= 0.6 is 0 Å². The zero-order chi connectivity index (χ0) is 17.2. The first-order valence-corrected chi connectivity index (χ1v) is 9.92. The number of nitrogens with zero attached hydrogens (tertiary/aromatic N) is 2. The van der Waals surface area contributed by atoms with Crippen LogP contribution in [-0.2, 0) is 14.8 Å². The van der Waals surface area contributed by atoms with Gasteiger partial charge in [-0.1, -0.05) is 29.8 Å². The van der Waals surface area contributed by atoms with E-state index in [4.69, 9.17) is 0 Å². The standard InChI is InChI=1S/C18H24N2O3S/c1-15-7-5-11-19(13-15)18(21)16-8-6-12-20(14-16)24(22,23)17-9-3-2-4-10-17/h2-4,7,9-10,16H,5-6,8,11-14H2,1H3. The molecule has 1 atom stereocenters. The molecule has 3 rings (SSSR count). The molecular weight excluding hydrogens is 324 g/mol. The fraction of sp³-hybridized carbons (Fsp3) is 0.500. The third-order valence-electron chi connectivity index (χ3n) is 4.76. The van der Waals surface area contributed by atoms with Gasteiger partial charge in [-0.2, -0.15) is 4.31 Å². The van der Waals surface area contributed by atoms with Crippen LogP contribution in [0.15, 0.2) is 46.9 Å². The molecule has 2 aliphatic heterocycles. The maximum absolute atomic E-state index is 12.8. The summed E-state index contributed by atoms with van der Waals surface area (Å²) in [6.45, 7) is 4.21.